The molecule has 0 aliphatic carbocycles. The lowest BCUT2D eigenvalue weighted by Crippen LogP contribution is -2.34. The van der Waals surface area contributed by atoms with Gasteiger partial charge in [0.1, 0.15) is 35.7 Å². The molecular weight excluding hydrogens is 425 g/mol. The highest BCUT2D eigenvalue weighted by atomic mass is 19.1. The minimum atomic E-state index is -0.869. The van der Waals surface area contributed by atoms with Crippen LogP contribution in [-0.4, -0.2) is 24.7 Å². The highest BCUT2D eigenvalue weighted by molar-refractivity contribution is 5.90. The summed E-state index contributed by atoms with van der Waals surface area (Å²) in [6, 6.07) is 8.50. The van der Waals surface area contributed by atoms with Gasteiger partial charge in [0.05, 0.1) is 18.0 Å². The van der Waals surface area contributed by atoms with Gasteiger partial charge in [0.25, 0.3) is 0 Å². The normalized spacial score (nSPS) is 18.9. The molecule has 0 fully saturated rings. The molecule has 172 valence electrons. The molecule has 0 spiro atoms. The van der Waals surface area contributed by atoms with E-state index in [0.717, 1.165) is 0 Å². The number of fused-ring (bicyclic) bond motifs is 1. The number of rotatable bonds is 4. The Bertz CT molecular complexity index is 1170. The van der Waals surface area contributed by atoms with Crippen molar-refractivity contribution in [3.05, 3.63) is 59.2 Å². The number of carbonyl (C=O) groups excluding carboxylic acids is 1. The predicted molar refractivity (Wildman–Crippen MR) is 123 cm³/mol. The number of amides is 1. The molecule has 33 heavy (non-hydrogen) atoms. The molecule has 4 rings (SSSR count). The second-order valence-corrected chi connectivity index (χ2v) is 8.73. The maximum Gasteiger partial charge on any atom is 0.215 e. The molecule has 7 nitrogen and oxygen atoms in total. The van der Waals surface area contributed by atoms with Crippen molar-refractivity contribution in [2.45, 2.75) is 33.2 Å². The number of nitrogens with zero attached hydrogens (tertiary/aromatic N) is 1. The van der Waals surface area contributed by atoms with E-state index in [0.29, 0.717) is 48.0 Å². The first kappa shape index (κ1) is 22.5. The zero-order valence-electron chi connectivity index (χ0n) is 18.7. The summed E-state index contributed by atoms with van der Waals surface area (Å²) in [6.07, 6.45) is 1.17. The number of phenolic OH excluding ortho intramolecular Hbond substituents is 1. The summed E-state index contributed by atoms with van der Waals surface area (Å²) in [6.45, 7) is 6.33. The van der Waals surface area contributed by atoms with Gasteiger partial charge in [0.15, 0.2) is 0 Å². The van der Waals surface area contributed by atoms with Crippen molar-refractivity contribution in [3.63, 3.8) is 0 Å². The molecule has 0 bridgehead atoms. The molecule has 0 saturated heterocycles. The fraction of sp³-hybridized carbons (Fsp3) is 0.320. The molecule has 2 aromatic carbocycles. The van der Waals surface area contributed by atoms with Crippen molar-refractivity contribution >= 4 is 17.8 Å². The third-order valence-corrected chi connectivity index (χ3v) is 5.62. The van der Waals surface area contributed by atoms with E-state index in [9.17, 15) is 9.90 Å². The van der Waals surface area contributed by atoms with Gasteiger partial charge in [-0.1, -0.05) is 25.8 Å². The number of nitrogens with one attached hydrogen (secondary N) is 2. The molecule has 2 aliphatic rings. The van der Waals surface area contributed by atoms with Crippen molar-refractivity contribution < 1.29 is 23.9 Å². The number of ether oxygens (including phenoxy) is 1. The van der Waals surface area contributed by atoms with Crippen LogP contribution in [0.3, 0.4) is 0 Å². The largest absolute Gasteiger partial charge is 0.506 e. The van der Waals surface area contributed by atoms with Gasteiger partial charge in [0.2, 0.25) is 6.41 Å². The molecule has 3 N–H and O–H groups in total. The smallest absolute Gasteiger partial charge is 0.215 e. The number of hydroxylamine groups is 1. The van der Waals surface area contributed by atoms with Crippen LogP contribution in [0, 0.1) is 23.1 Å². The summed E-state index contributed by atoms with van der Waals surface area (Å²) in [4.78, 5) is 19.5. The van der Waals surface area contributed by atoms with Gasteiger partial charge in [-0.3, -0.25) is 20.0 Å². The lowest BCUT2D eigenvalue weighted by molar-refractivity contribution is -0.107. The van der Waals surface area contributed by atoms with Crippen LogP contribution in [0.2, 0.25) is 0 Å². The number of carbonyl (C=O) groups is 1. The van der Waals surface area contributed by atoms with Crippen LogP contribution in [-0.2, 0) is 9.63 Å². The summed E-state index contributed by atoms with van der Waals surface area (Å²) >= 11 is 0. The van der Waals surface area contributed by atoms with Crippen molar-refractivity contribution in [2.24, 2.45) is 5.41 Å². The van der Waals surface area contributed by atoms with E-state index in [4.69, 9.17) is 9.57 Å². The van der Waals surface area contributed by atoms with E-state index in [-0.39, 0.29) is 23.3 Å². The Hall–Kier alpha value is -3.70. The van der Waals surface area contributed by atoms with Gasteiger partial charge >= 0.3 is 0 Å². The number of hydrogen-bond donors (Lipinski definition) is 3. The zero-order valence-corrected chi connectivity index (χ0v) is 18.7. The first-order valence-corrected chi connectivity index (χ1v) is 10.6. The van der Waals surface area contributed by atoms with Crippen LogP contribution in [0.25, 0.3) is 0 Å². The van der Waals surface area contributed by atoms with E-state index in [1.807, 2.05) is 13.8 Å². The number of anilines is 2. The van der Waals surface area contributed by atoms with Crippen molar-refractivity contribution in [2.75, 3.05) is 23.4 Å². The molecule has 2 aliphatic heterocycles. The lowest BCUT2D eigenvalue weighted by Gasteiger charge is -2.30. The van der Waals surface area contributed by atoms with Crippen LogP contribution in [0.1, 0.15) is 38.8 Å². The average molecular weight is 451 g/mol. The second-order valence-electron chi connectivity index (χ2n) is 8.73. The molecule has 1 atom stereocenters. The van der Waals surface area contributed by atoms with Gasteiger partial charge < -0.3 is 15.2 Å². The number of benzene rings is 2. The molecule has 0 saturated carbocycles. The van der Waals surface area contributed by atoms with Crippen LogP contribution in [0.15, 0.2) is 47.8 Å². The molecule has 2 aromatic rings. The molecule has 0 aromatic heterocycles. The Morgan fingerprint density at radius 3 is 2.91 bits per heavy atom. The minimum Gasteiger partial charge on any atom is -0.506 e. The number of allylic oxidation sites excluding steroid dienone is 1. The van der Waals surface area contributed by atoms with Gasteiger partial charge in [-0.25, -0.2) is 4.39 Å². The number of aromatic hydroxyl groups is 1. The third kappa shape index (κ3) is 4.45. The quantitative estimate of drug-likeness (QED) is 0.367. The van der Waals surface area contributed by atoms with Gasteiger partial charge in [0, 0.05) is 17.3 Å². The fourth-order valence-corrected chi connectivity index (χ4v) is 4.06. The number of phenols is 1. The van der Waals surface area contributed by atoms with E-state index < -0.39 is 11.9 Å². The topological polar surface area (TPSA) is 83.1 Å². The number of halogens is 1. The molecule has 0 radical (unpaired) electrons. The molecular formula is C25H26FN3O4. The Morgan fingerprint density at radius 2 is 2.18 bits per heavy atom. The predicted octanol–water partition coefficient (Wildman–Crippen LogP) is 4.23. The van der Waals surface area contributed by atoms with Crippen molar-refractivity contribution in [1.29, 1.82) is 0 Å². The Balaban J connectivity index is 1.88. The number of hydrogen-bond acceptors (Lipinski definition) is 6. The summed E-state index contributed by atoms with van der Waals surface area (Å²) < 4.78 is 20.9. The van der Waals surface area contributed by atoms with E-state index >= 15 is 4.39 Å². The van der Waals surface area contributed by atoms with Crippen molar-refractivity contribution in [3.8, 4) is 23.3 Å². The Kier molecular flexibility index (Phi) is 6.16. The summed E-state index contributed by atoms with van der Waals surface area (Å²) in [5, 5.41) is 13.8. The van der Waals surface area contributed by atoms with Crippen LogP contribution < -0.4 is 20.4 Å². The fourth-order valence-electron chi connectivity index (χ4n) is 4.06. The van der Waals surface area contributed by atoms with E-state index in [2.05, 4.69) is 22.6 Å². The second kappa shape index (κ2) is 9.04. The molecule has 8 heteroatoms. The van der Waals surface area contributed by atoms with Crippen LogP contribution in [0.5, 0.6) is 11.5 Å². The van der Waals surface area contributed by atoms with Gasteiger partial charge in [-0.05, 0) is 43.0 Å². The lowest BCUT2D eigenvalue weighted by atomic mass is 9.87. The van der Waals surface area contributed by atoms with Crippen molar-refractivity contribution in [1.82, 2.24) is 5.48 Å². The summed E-state index contributed by atoms with van der Waals surface area (Å²) in [5.74, 6) is 5.27. The first-order valence-electron chi connectivity index (χ1n) is 10.6. The third-order valence-electron chi connectivity index (χ3n) is 5.62. The van der Waals surface area contributed by atoms with E-state index in [1.54, 1.807) is 31.2 Å². The van der Waals surface area contributed by atoms with Crippen LogP contribution in [0.4, 0.5) is 15.8 Å². The first-order chi connectivity index (χ1) is 15.8. The Labute approximate surface area is 192 Å². The van der Waals surface area contributed by atoms with E-state index in [1.165, 1.54) is 17.0 Å². The average Bonchev–Trinajstić information content (AvgIpc) is 2.99. The maximum atomic E-state index is 15.4. The number of para-hydroxylation sites is 1. The summed E-state index contributed by atoms with van der Waals surface area (Å²) in [5.41, 5.74) is 4.93. The monoisotopic (exact) mass is 451 g/mol. The maximum absolute atomic E-state index is 15.4. The molecule has 2 heterocycles. The Morgan fingerprint density at radius 1 is 1.36 bits per heavy atom. The highest BCUT2D eigenvalue weighted by Crippen LogP contribution is 2.46. The molecule has 1 unspecified atom stereocenters. The molecule has 1 amide bonds. The van der Waals surface area contributed by atoms with Crippen LogP contribution >= 0.6 is 0 Å². The zero-order chi connectivity index (χ0) is 23.6. The van der Waals surface area contributed by atoms with Gasteiger partial charge in [-0.15, -0.1) is 5.92 Å². The summed E-state index contributed by atoms with van der Waals surface area (Å²) in [7, 11) is 0. The SMILES string of the molecule is CC#CCOc1ccc(C2C3=C(CC(C)(C)CON3)Nc3c(O)cccc3N2C=O)c(F)c1. The highest BCUT2D eigenvalue weighted by Gasteiger charge is 2.38. The minimum absolute atomic E-state index is 0.0175. The standard InChI is InChI=1S/C25H26FN3O4/c1-4-5-11-32-16-9-10-17(18(26)12-16)24-22-19(13-25(2,3)14-33-28-22)27-23-20(29(24)15-30)7-6-8-21(23)31/h6-10,12,15,24,27-28,31H,11,13-14H2,1-3H3. The van der Waals surface area contributed by atoms with Gasteiger partial charge in [-0.2, -0.15) is 0 Å².